The van der Waals surface area contributed by atoms with Gasteiger partial charge in [-0.25, -0.2) is 4.68 Å². The van der Waals surface area contributed by atoms with Crippen LogP contribution in [-0.4, -0.2) is 28.9 Å². The number of fused-ring (bicyclic) bond motifs is 1. The minimum Gasteiger partial charge on any atom is -0.377 e. The Kier molecular flexibility index (Phi) is 2.89. The normalized spacial score (nSPS) is 18.1. The fraction of sp³-hybridized carbons (Fsp3) is 0.429. The van der Waals surface area contributed by atoms with Crippen molar-refractivity contribution >= 4 is 11.6 Å². The van der Waals surface area contributed by atoms with E-state index >= 15 is 0 Å². The number of aryl methyl sites for hydroxylation is 1. The summed E-state index contributed by atoms with van der Waals surface area (Å²) in [5, 5.41) is 4.21. The fourth-order valence-corrected chi connectivity index (χ4v) is 2.83. The van der Waals surface area contributed by atoms with Crippen LogP contribution in [0.1, 0.15) is 23.7 Å². The molecule has 19 heavy (non-hydrogen) atoms. The Labute approximate surface area is 113 Å². The first kappa shape index (κ1) is 12.0. The van der Waals surface area contributed by atoms with Crippen LogP contribution in [0.5, 0.6) is 0 Å². The zero-order chi connectivity index (χ0) is 13.4. The number of aromatic nitrogens is 3. The van der Waals surface area contributed by atoms with Crippen molar-refractivity contribution in [1.29, 1.82) is 0 Å². The molecule has 1 aromatic carbocycles. The molecule has 1 aliphatic rings. The van der Waals surface area contributed by atoms with Crippen LogP contribution in [-0.2, 0) is 13.0 Å². The molecule has 0 saturated heterocycles. The lowest BCUT2D eigenvalue weighted by Gasteiger charge is -2.26. The van der Waals surface area contributed by atoms with Gasteiger partial charge < -0.3 is 10.6 Å². The van der Waals surface area contributed by atoms with Gasteiger partial charge in [-0.3, -0.25) is 0 Å². The maximum Gasteiger partial charge on any atom is 0.239 e. The number of nitrogen functional groups attached to an aromatic ring is 1. The minimum absolute atomic E-state index is 0.386. The van der Waals surface area contributed by atoms with E-state index in [0.717, 1.165) is 25.2 Å². The van der Waals surface area contributed by atoms with Crippen LogP contribution in [0.4, 0.5) is 11.6 Å². The number of anilines is 2. The van der Waals surface area contributed by atoms with Crippen molar-refractivity contribution in [1.82, 2.24) is 14.8 Å². The van der Waals surface area contributed by atoms with Crippen molar-refractivity contribution in [2.24, 2.45) is 0 Å². The number of benzene rings is 1. The van der Waals surface area contributed by atoms with Gasteiger partial charge in [-0.2, -0.15) is 4.98 Å². The molecule has 0 amide bonds. The molecule has 1 unspecified atom stereocenters. The van der Waals surface area contributed by atoms with Gasteiger partial charge in [-0.05, 0) is 24.0 Å². The number of hydrogen-bond acceptors (Lipinski definition) is 4. The predicted octanol–water partition coefficient (Wildman–Crippen LogP) is 1.66. The van der Waals surface area contributed by atoms with E-state index in [1.165, 1.54) is 11.3 Å². The van der Waals surface area contributed by atoms with E-state index in [2.05, 4.69) is 53.3 Å². The number of nitrogens with two attached hydrogens (primary N) is 1. The first-order chi connectivity index (χ1) is 9.15. The summed E-state index contributed by atoms with van der Waals surface area (Å²) in [4.78, 5) is 6.49. The molecule has 0 spiro atoms. The van der Waals surface area contributed by atoms with Gasteiger partial charge in [-0.1, -0.05) is 18.2 Å². The maximum atomic E-state index is 5.67. The molecule has 1 aromatic heterocycles. The summed E-state index contributed by atoms with van der Waals surface area (Å²) in [7, 11) is 4.17. The standard InChI is InChI=1S/C14H19N5/c1-18(2)12-6-4-3-5-11(12)10-7-8-19-13(9-10)16-14(15)17-19/h3-6,10H,7-9H2,1-2H3,(H2,15,17). The summed E-state index contributed by atoms with van der Waals surface area (Å²) in [6.07, 6.45) is 2.00. The second-order valence-corrected chi connectivity index (χ2v) is 5.25. The minimum atomic E-state index is 0.386. The predicted molar refractivity (Wildman–Crippen MR) is 76.3 cm³/mol. The smallest absolute Gasteiger partial charge is 0.239 e. The highest BCUT2D eigenvalue weighted by atomic mass is 15.4. The van der Waals surface area contributed by atoms with Crippen LogP contribution < -0.4 is 10.6 Å². The summed E-state index contributed by atoms with van der Waals surface area (Å²) >= 11 is 0. The van der Waals surface area contributed by atoms with E-state index in [-0.39, 0.29) is 0 Å². The van der Waals surface area contributed by atoms with Crippen molar-refractivity contribution in [2.75, 3.05) is 24.7 Å². The Hall–Kier alpha value is -2.04. The van der Waals surface area contributed by atoms with Crippen molar-refractivity contribution in [3.8, 4) is 0 Å². The lowest BCUT2D eigenvalue weighted by atomic mass is 9.89. The van der Waals surface area contributed by atoms with Crippen LogP contribution in [0.25, 0.3) is 0 Å². The average Bonchev–Trinajstić information content (AvgIpc) is 2.77. The molecule has 0 aliphatic carbocycles. The third-order valence-corrected chi connectivity index (χ3v) is 3.74. The SMILES string of the molecule is CN(C)c1ccccc1C1CCn2nc(N)nc2C1. The number of hydrogen-bond donors (Lipinski definition) is 1. The summed E-state index contributed by atoms with van der Waals surface area (Å²) in [5.41, 5.74) is 8.34. The van der Waals surface area contributed by atoms with E-state index in [1.54, 1.807) is 0 Å². The van der Waals surface area contributed by atoms with Gasteiger partial charge in [0.2, 0.25) is 5.95 Å². The monoisotopic (exact) mass is 257 g/mol. The molecule has 0 radical (unpaired) electrons. The molecule has 5 heteroatoms. The summed E-state index contributed by atoms with van der Waals surface area (Å²) in [5.74, 6) is 1.88. The molecule has 0 saturated carbocycles. The second kappa shape index (κ2) is 4.57. The lowest BCUT2D eigenvalue weighted by molar-refractivity contribution is 0.434. The molecule has 1 atom stereocenters. The van der Waals surface area contributed by atoms with Gasteiger partial charge in [0.05, 0.1) is 0 Å². The third kappa shape index (κ3) is 2.16. The maximum absolute atomic E-state index is 5.67. The highest BCUT2D eigenvalue weighted by Gasteiger charge is 2.24. The zero-order valence-electron chi connectivity index (χ0n) is 11.4. The van der Waals surface area contributed by atoms with Gasteiger partial charge in [-0.15, -0.1) is 5.10 Å². The van der Waals surface area contributed by atoms with Gasteiger partial charge in [0.1, 0.15) is 5.82 Å². The Morgan fingerprint density at radius 3 is 2.89 bits per heavy atom. The Bertz CT molecular complexity index is 587. The molecule has 2 heterocycles. The highest BCUT2D eigenvalue weighted by molar-refractivity contribution is 5.54. The fourth-order valence-electron chi connectivity index (χ4n) is 2.83. The van der Waals surface area contributed by atoms with Gasteiger partial charge in [0.15, 0.2) is 0 Å². The number of rotatable bonds is 2. The summed E-state index contributed by atoms with van der Waals surface area (Å²) < 4.78 is 1.93. The molecule has 1 aliphatic heterocycles. The lowest BCUT2D eigenvalue weighted by Crippen LogP contribution is -2.21. The van der Waals surface area contributed by atoms with Gasteiger partial charge in [0, 0.05) is 32.7 Å². The van der Waals surface area contributed by atoms with Crippen molar-refractivity contribution in [2.45, 2.75) is 25.3 Å². The Morgan fingerprint density at radius 1 is 1.32 bits per heavy atom. The van der Waals surface area contributed by atoms with Crippen molar-refractivity contribution in [3.05, 3.63) is 35.7 Å². The van der Waals surface area contributed by atoms with Crippen molar-refractivity contribution in [3.63, 3.8) is 0 Å². The molecule has 0 bridgehead atoms. The quantitative estimate of drug-likeness (QED) is 0.888. The van der Waals surface area contributed by atoms with Crippen LogP contribution in [0.15, 0.2) is 24.3 Å². The zero-order valence-corrected chi connectivity index (χ0v) is 11.4. The van der Waals surface area contributed by atoms with Crippen LogP contribution in [0.3, 0.4) is 0 Å². The van der Waals surface area contributed by atoms with Gasteiger partial charge >= 0.3 is 0 Å². The molecule has 100 valence electrons. The van der Waals surface area contributed by atoms with Crippen LogP contribution in [0, 0.1) is 0 Å². The first-order valence-corrected chi connectivity index (χ1v) is 6.60. The van der Waals surface area contributed by atoms with E-state index in [9.17, 15) is 0 Å². The topological polar surface area (TPSA) is 60.0 Å². The van der Waals surface area contributed by atoms with Crippen molar-refractivity contribution < 1.29 is 0 Å². The molecular formula is C14H19N5. The second-order valence-electron chi connectivity index (χ2n) is 5.25. The largest absolute Gasteiger partial charge is 0.377 e. The molecule has 5 nitrogen and oxygen atoms in total. The number of nitrogens with zero attached hydrogens (tertiary/aromatic N) is 4. The van der Waals surface area contributed by atoms with Crippen LogP contribution in [0.2, 0.25) is 0 Å². The third-order valence-electron chi connectivity index (χ3n) is 3.74. The highest BCUT2D eigenvalue weighted by Crippen LogP contribution is 2.34. The summed E-state index contributed by atoms with van der Waals surface area (Å²) in [6.45, 7) is 0.895. The van der Waals surface area contributed by atoms with E-state index in [1.807, 2.05) is 4.68 Å². The number of para-hydroxylation sites is 1. The van der Waals surface area contributed by atoms with E-state index in [0.29, 0.717) is 11.9 Å². The van der Waals surface area contributed by atoms with Crippen LogP contribution >= 0.6 is 0 Å². The summed E-state index contributed by atoms with van der Waals surface area (Å²) in [6, 6.07) is 8.58. The Morgan fingerprint density at radius 2 is 2.11 bits per heavy atom. The molecule has 2 N–H and O–H groups in total. The van der Waals surface area contributed by atoms with E-state index in [4.69, 9.17) is 5.73 Å². The molecule has 3 rings (SSSR count). The molecular weight excluding hydrogens is 238 g/mol. The first-order valence-electron chi connectivity index (χ1n) is 6.60. The average molecular weight is 257 g/mol. The molecule has 2 aromatic rings. The Balaban J connectivity index is 1.93. The van der Waals surface area contributed by atoms with Gasteiger partial charge in [0.25, 0.3) is 0 Å². The molecule has 0 fully saturated rings. The van der Waals surface area contributed by atoms with E-state index < -0.39 is 0 Å².